The van der Waals surface area contributed by atoms with E-state index in [1.54, 1.807) is 48.7 Å². The van der Waals surface area contributed by atoms with Gasteiger partial charge in [-0.2, -0.15) is 8.42 Å². The monoisotopic (exact) mass is 538 g/mol. The molecule has 9 heteroatoms. The zero-order chi connectivity index (χ0) is 26.3. The summed E-state index contributed by atoms with van der Waals surface area (Å²) < 4.78 is 28.6. The van der Waals surface area contributed by atoms with E-state index >= 15 is 0 Å². The summed E-state index contributed by atoms with van der Waals surface area (Å²) in [6.45, 7) is 0. The third-order valence-electron chi connectivity index (χ3n) is 6.12. The largest absolute Gasteiger partial charge is 0.329 e. The molecular formula is C29H19ClN4O3S. The lowest BCUT2D eigenvalue weighted by Crippen LogP contribution is -2.18. The maximum Gasteiger partial charge on any atom is 0.277 e. The Balaban J connectivity index is 1.57. The SMILES string of the molecule is O=c1cc(S(=O)(=O)Nc2ccccc2)[nH]c2nc(-c3ccccc3)c(-c3cc(Cl)c4ncccc4c3)cc12. The number of sulfonamides is 1. The van der Waals surface area contributed by atoms with Crippen LogP contribution in [0.25, 0.3) is 44.3 Å². The molecule has 3 aromatic heterocycles. The van der Waals surface area contributed by atoms with Crippen LogP contribution in [0.2, 0.25) is 5.02 Å². The Kier molecular flexibility index (Phi) is 5.90. The normalized spacial score (nSPS) is 11.6. The van der Waals surface area contributed by atoms with E-state index in [-0.39, 0.29) is 16.1 Å². The van der Waals surface area contributed by atoms with E-state index in [4.69, 9.17) is 16.6 Å². The number of rotatable bonds is 5. The smallest absolute Gasteiger partial charge is 0.277 e. The van der Waals surface area contributed by atoms with Crippen LogP contribution < -0.4 is 10.2 Å². The van der Waals surface area contributed by atoms with Crippen molar-refractivity contribution in [2.24, 2.45) is 0 Å². The molecule has 2 N–H and O–H groups in total. The van der Waals surface area contributed by atoms with Gasteiger partial charge in [-0.25, -0.2) is 4.98 Å². The van der Waals surface area contributed by atoms with Crippen molar-refractivity contribution in [1.29, 1.82) is 0 Å². The lowest BCUT2D eigenvalue weighted by molar-refractivity contribution is 0.598. The fourth-order valence-corrected chi connectivity index (χ4v) is 5.67. The number of benzene rings is 3. The summed E-state index contributed by atoms with van der Waals surface area (Å²) in [6.07, 6.45) is 1.68. The molecule has 0 unspecified atom stereocenters. The van der Waals surface area contributed by atoms with Crippen molar-refractivity contribution in [3.8, 4) is 22.4 Å². The molecule has 3 aromatic carbocycles. The van der Waals surface area contributed by atoms with Crippen LogP contribution in [-0.4, -0.2) is 23.4 Å². The second kappa shape index (κ2) is 9.41. The first-order chi connectivity index (χ1) is 18.4. The number of fused-ring (bicyclic) bond motifs is 2. The highest BCUT2D eigenvalue weighted by atomic mass is 35.5. The van der Waals surface area contributed by atoms with Gasteiger partial charge in [-0.1, -0.05) is 66.2 Å². The molecule has 0 bridgehead atoms. The quantitative estimate of drug-likeness (QED) is 0.269. The minimum Gasteiger partial charge on any atom is -0.329 e. The lowest BCUT2D eigenvalue weighted by Gasteiger charge is -2.14. The van der Waals surface area contributed by atoms with Crippen molar-refractivity contribution in [3.63, 3.8) is 0 Å². The standard InChI is InChI=1S/C29H19ClN4O3S/c30-24-15-20(14-19-10-7-13-31-28(19)24)22-16-23-25(35)17-26(38(36,37)34-21-11-5-2-6-12-21)32-29(23)33-27(22)18-8-3-1-4-9-18/h1-17,34H,(H,32,33,35). The van der Waals surface area contributed by atoms with Crippen molar-refractivity contribution >= 4 is 49.2 Å². The van der Waals surface area contributed by atoms with Crippen LogP contribution in [-0.2, 0) is 10.0 Å². The molecule has 0 aliphatic carbocycles. The highest BCUT2D eigenvalue weighted by Gasteiger charge is 2.20. The molecule has 3 heterocycles. The van der Waals surface area contributed by atoms with Gasteiger partial charge in [-0.05, 0) is 42.0 Å². The van der Waals surface area contributed by atoms with E-state index < -0.39 is 15.5 Å². The third kappa shape index (κ3) is 4.40. The van der Waals surface area contributed by atoms with Gasteiger partial charge in [0.2, 0.25) is 0 Å². The Morgan fingerprint density at radius 1 is 0.816 bits per heavy atom. The van der Waals surface area contributed by atoms with Crippen molar-refractivity contribution < 1.29 is 8.42 Å². The van der Waals surface area contributed by atoms with Crippen LogP contribution >= 0.6 is 11.6 Å². The second-order valence-corrected chi connectivity index (χ2v) is 10.7. The summed E-state index contributed by atoms with van der Waals surface area (Å²) in [4.78, 5) is 25.2. The summed E-state index contributed by atoms with van der Waals surface area (Å²) in [7, 11) is -4.07. The van der Waals surface area contributed by atoms with Crippen LogP contribution in [0, 0.1) is 0 Å². The molecule has 0 aliphatic heterocycles. The minimum absolute atomic E-state index is 0.155. The minimum atomic E-state index is -4.07. The molecule has 0 saturated carbocycles. The van der Waals surface area contributed by atoms with Crippen molar-refractivity contribution in [1.82, 2.24) is 15.0 Å². The molecule has 0 amide bonds. The number of anilines is 1. The van der Waals surface area contributed by atoms with Crippen LogP contribution in [0.4, 0.5) is 5.69 Å². The van der Waals surface area contributed by atoms with Gasteiger partial charge in [0.15, 0.2) is 10.5 Å². The number of pyridine rings is 3. The predicted molar refractivity (Wildman–Crippen MR) is 151 cm³/mol. The second-order valence-electron chi connectivity index (χ2n) is 8.65. The number of halogens is 1. The Morgan fingerprint density at radius 3 is 2.32 bits per heavy atom. The first-order valence-corrected chi connectivity index (χ1v) is 13.5. The lowest BCUT2D eigenvalue weighted by atomic mass is 9.97. The third-order valence-corrected chi connectivity index (χ3v) is 7.72. The van der Waals surface area contributed by atoms with E-state index in [0.29, 0.717) is 27.5 Å². The maximum absolute atomic E-state index is 13.2. The van der Waals surface area contributed by atoms with E-state index in [1.807, 2.05) is 48.5 Å². The van der Waals surface area contributed by atoms with Crippen LogP contribution in [0.5, 0.6) is 0 Å². The first kappa shape index (κ1) is 23.8. The zero-order valence-corrected chi connectivity index (χ0v) is 21.3. The van der Waals surface area contributed by atoms with Gasteiger partial charge in [0.05, 0.1) is 21.6 Å². The summed E-state index contributed by atoms with van der Waals surface area (Å²) in [6, 6.07) is 28.2. The van der Waals surface area contributed by atoms with E-state index in [1.165, 1.54) is 0 Å². The number of aromatic nitrogens is 3. The summed E-state index contributed by atoms with van der Waals surface area (Å²) in [5, 5.41) is 1.29. The number of hydrogen-bond acceptors (Lipinski definition) is 5. The molecule has 6 rings (SSSR count). The van der Waals surface area contributed by atoms with E-state index in [0.717, 1.165) is 22.6 Å². The Hall–Kier alpha value is -4.53. The average molecular weight is 539 g/mol. The first-order valence-electron chi connectivity index (χ1n) is 11.6. The molecule has 7 nitrogen and oxygen atoms in total. The summed E-state index contributed by atoms with van der Waals surface area (Å²) in [5.41, 5.74) is 3.53. The highest BCUT2D eigenvalue weighted by molar-refractivity contribution is 7.92. The van der Waals surface area contributed by atoms with Crippen molar-refractivity contribution in [2.75, 3.05) is 4.72 Å². The number of nitrogens with zero attached hydrogens (tertiary/aromatic N) is 2. The van der Waals surface area contributed by atoms with Crippen LogP contribution in [0.15, 0.2) is 113 Å². The van der Waals surface area contributed by atoms with E-state index in [2.05, 4.69) is 14.7 Å². The molecule has 186 valence electrons. The van der Waals surface area contributed by atoms with Gasteiger partial charge in [-0.15, -0.1) is 0 Å². The Bertz CT molecular complexity index is 1990. The molecule has 6 aromatic rings. The fraction of sp³-hybridized carbons (Fsp3) is 0. The van der Waals surface area contributed by atoms with Crippen molar-refractivity contribution in [2.45, 2.75) is 5.03 Å². The molecule has 0 saturated heterocycles. The van der Waals surface area contributed by atoms with Gasteiger partial charge < -0.3 is 4.98 Å². The molecule has 38 heavy (non-hydrogen) atoms. The topological polar surface area (TPSA) is 105 Å². The number of hydrogen-bond donors (Lipinski definition) is 2. The average Bonchev–Trinajstić information content (AvgIpc) is 2.93. The van der Waals surface area contributed by atoms with Crippen LogP contribution in [0.1, 0.15) is 0 Å². The number of nitrogens with one attached hydrogen (secondary N) is 2. The maximum atomic E-state index is 13.2. The Labute approximate surface area is 222 Å². The van der Waals surface area contributed by atoms with E-state index in [9.17, 15) is 13.2 Å². The predicted octanol–water partition coefficient (Wildman–Crippen LogP) is 6.26. The van der Waals surface area contributed by atoms with Gasteiger partial charge >= 0.3 is 0 Å². The molecular weight excluding hydrogens is 520 g/mol. The van der Waals surface area contributed by atoms with Crippen molar-refractivity contribution in [3.05, 3.63) is 119 Å². The van der Waals surface area contributed by atoms with Gasteiger partial charge in [-0.3, -0.25) is 14.5 Å². The van der Waals surface area contributed by atoms with Gasteiger partial charge in [0, 0.05) is 34.5 Å². The summed E-state index contributed by atoms with van der Waals surface area (Å²) in [5.74, 6) is 0. The molecule has 0 aliphatic rings. The number of H-pyrrole nitrogens is 1. The zero-order valence-electron chi connectivity index (χ0n) is 19.7. The van der Waals surface area contributed by atoms with Gasteiger partial charge in [0.1, 0.15) is 5.65 Å². The molecule has 0 radical (unpaired) electrons. The van der Waals surface area contributed by atoms with Gasteiger partial charge in [0.25, 0.3) is 10.0 Å². The number of aromatic amines is 1. The molecule has 0 atom stereocenters. The Morgan fingerprint density at radius 2 is 1.55 bits per heavy atom. The molecule has 0 spiro atoms. The number of para-hydroxylation sites is 1. The molecule has 0 fully saturated rings. The van der Waals surface area contributed by atoms with Crippen LogP contribution in [0.3, 0.4) is 0 Å². The fourth-order valence-electron chi connectivity index (χ4n) is 4.35. The summed E-state index contributed by atoms with van der Waals surface area (Å²) >= 11 is 6.57. The highest BCUT2D eigenvalue weighted by Crippen LogP contribution is 2.36.